The van der Waals surface area contributed by atoms with E-state index in [1.54, 1.807) is 0 Å². The summed E-state index contributed by atoms with van der Waals surface area (Å²) in [6, 6.07) is 5.72. The van der Waals surface area contributed by atoms with Crippen LogP contribution in [0.2, 0.25) is 0 Å². The molecule has 1 saturated carbocycles. The fraction of sp³-hybridized carbons (Fsp3) is 0.500. The highest BCUT2D eigenvalue weighted by Gasteiger charge is 2.23. The van der Waals surface area contributed by atoms with E-state index in [2.05, 4.69) is 6.58 Å². The Morgan fingerprint density at radius 3 is 2.76 bits per heavy atom. The number of hydrogen-bond donors (Lipinski definition) is 0. The molecule has 0 aromatic heterocycles. The van der Waals surface area contributed by atoms with Crippen molar-refractivity contribution in [1.29, 1.82) is 0 Å². The molecule has 0 amide bonds. The van der Waals surface area contributed by atoms with Gasteiger partial charge < -0.3 is 9.47 Å². The molecule has 114 valence electrons. The minimum absolute atomic E-state index is 0.169. The van der Waals surface area contributed by atoms with Crippen molar-refractivity contribution < 1.29 is 14.3 Å². The summed E-state index contributed by atoms with van der Waals surface area (Å²) in [5, 5.41) is 0. The van der Waals surface area contributed by atoms with E-state index in [1.165, 1.54) is 12.8 Å². The molecule has 0 radical (unpaired) electrons. The number of allylic oxidation sites excluding steroid dienone is 1. The summed E-state index contributed by atoms with van der Waals surface area (Å²) in [7, 11) is 0. The zero-order valence-corrected chi connectivity index (χ0v) is 12.8. The molecule has 3 heteroatoms. The van der Waals surface area contributed by atoms with Crippen LogP contribution in [-0.4, -0.2) is 19.0 Å². The van der Waals surface area contributed by atoms with Gasteiger partial charge in [0.1, 0.15) is 18.1 Å². The number of rotatable bonds is 8. The molecule has 0 saturated heterocycles. The number of hydrogen-bond acceptors (Lipinski definition) is 3. The summed E-state index contributed by atoms with van der Waals surface area (Å²) in [5.41, 5.74) is 1.01. The van der Waals surface area contributed by atoms with Gasteiger partial charge in [-0.1, -0.05) is 18.9 Å². The molecule has 0 aliphatic heterocycles. The Kier molecular flexibility index (Phi) is 5.85. The smallest absolute Gasteiger partial charge is 0.173 e. The standard InChI is InChI=1S/C18H24O3/c1-3-7-15-12-16(20-4-2)10-11-18(15)21-13-17(19)14-8-5-6-9-14/h3,10-12,14H,1,4-9,13H2,2H3. The molecule has 0 spiro atoms. The number of benzene rings is 1. The van der Waals surface area contributed by atoms with Crippen LogP contribution in [0, 0.1) is 5.92 Å². The first kappa shape index (κ1) is 15.6. The van der Waals surface area contributed by atoms with Crippen LogP contribution >= 0.6 is 0 Å². The quantitative estimate of drug-likeness (QED) is 0.679. The number of ether oxygens (including phenoxy) is 2. The molecule has 21 heavy (non-hydrogen) atoms. The van der Waals surface area contributed by atoms with E-state index < -0.39 is 0 Å². The highest BCUT2D eigenvalue weighted by Crippen LogP contribution is 2.28. The second-order valence-electron chi connectivity index (χ2n) is 5.43. The minimum Gasteiger partial charge on any atom is -0.494 e. The maximum Gasteiger partial charge on any atom is 0.173 e. The predicted octanol–water partition coefficient (Wildman–Crippen LogP) is 3.95. The van der Waals surface area contributed by atoms with Gasteiger partial charge in [-0.2, -0.15) is 0 Å². The van der Waals surface area contributed by atoms with E-state index in [4.69, 9.17) is 9.47 Å². The number of Topliss-reactive ketones (excluding diaryl/α,β-unsaturated/α-hetero) is 1. The van der Waals surface area contributed by atoms with Crippen molar-refractivity contribution in [2.45, 2.75) is 39.0 Å². The lowest BCUT2D eigenvalue weighted by atomic mass is 10.0. The van der Waals surface area contributed by atoms with Crippen molar-refractivity contribution in [2.24, 2.45) is 5.92 Å². The van der Waals surface area contributed by atoms with Crippen LogP contribution in [-0.2, 0) is 11.2 Å². The summed E-state index contributed by atoms with van der Waals surface area (Å²) in [4.78, 5) is 12.1. The van der Waals surface area contributed by atoms with E-state index in [0.717, 1.165) is 29.9 Å². The lowest BCUT2D eigenvalue weighted by Gasteiger charge is -2.14. The maximum atomic E-state index is 12.1. The van der Waals surface area contributed by atoms with Crippen LogP contribution in [0.3, 0.4) is 0 Å². The molecule has 0 atom stereocenters. The second-order valence-corrected chi connectivity index (χ2v) is 5.43. The first-order chi connectivity index (χ1) is 10.2. The lowest BCUT2D eigenvalue weighted by molar-refractivity contribution is -0.124. The molecule has 1 aromatic rings. The highest BCUT2D eigenvalue weighted by atomic mass is 16.5. The van der Waals surface area contributed by atoms with Crippen LogP contribution < -0.4 is 9.47 Å². The van der Waals surface area contributed by atoms with Gasteiger partial charge in [-0.15, -0.1) is 6.58 Å². The molecular weight excluding hydrogens is 264 g/mol. The summed E-state index contributed by atoms with van der Waals surface area (Å²) < 4.78 is 11.2. The molecule has 2 rings (SSSR count). The number of carbonyl (C=O) groups is 1. The zero-order valence-electron chi connectivity index (χ0n) is 12.8. The first-order valence-electron chi connectivity index (χ1n) is 7.76. The van der Waals surface area contributed by atoms with E-state index in [9.17, 15) is 4.79 Å². The summed E-state index contributed by atoms with van der Waals surface area (Å²) in [6.07, 6.45) is 6.91. The Balaban J connectivity index is 2.00. The van der Waals surface area contributed by atoms with E-state index >= 15 is 0 Å². The SMILES string of the molecule is C=CCc1cc(OCC)ccc1OCC(=O)C1CCCC1. The lowest BCUT2D eigenvalue weighted by Crippen LogP contribution is -2.19. The molecule has 0 N–H and O–H groups in total. The van der Waals surface area contributed by atoms with Crippen LogP contribution in [0.4, 0.5) is 0 Å². The van der Waals surface area contributed by atoms with Crippen LogP contribution in [0.25, 0.3) is 0 Å². The molecular formula is C18H24O3. The van der Waals surface area contributed by atoms with Gasteiger partial charge in [-0.25, -0.2) is 0 Å². The van der Waals surface area contributed by atoms with Crippen molar-refractivity contribution in [3.8, 4) is 11.5 Å². The van der Waals surface area contributed by atoms with E-state index in [0.29, 0.717) is 13.0 Å². The fourth-order valence-corrected chi connectivity index (χ4v) is 2.78. The third-order valence-corrected chi connectivity index (χ3v) is 3.89. The average molecular weight is 288 g/mol. The Hall–Kier alpha value is -1.77. The number of ketones is 1. The predicted molar refractivity (Wildman–Crippen MR) is 84.0 cm³/mol. The Labute approximate surface area is 127 Å². The second kappa shape index (κ2) is 7.87. The third kappa shape index (κ3) is 4.35. The zero-order chi connectivity index (χ0) is 15.1. The monoisotopic (exact) mass is 288 g/mol. The van der Waals surface area contributed by atoms with Gasteiger partial charge in [0.25, 0.3) is 0 Å². The Bertz CT molecular complexity index is 487. The van der Waals surface area contributed by atoms with Gasteiger partial charge in [0.2, 0.25) is 0 Å². The van der Waals surface area contributed by atoms with E-state index in [1.807, 2.05) is 31.2 Å². The summed E-state index contributed by atoms with van der Waals surface area (Å²) in [6.45, 7) is 6.53. The van der Waals surface area contributed by atoms with Gasteiger partial charge in [-0.3, -0.25) is 4.79 Å². The van der Waals surface area contributed by atoms with Crippen molar-refractivity contribution in [3.63, 3.8) is 0 Å². The van der Waals surface area contributed by atoms with Crippen molar-refractivity contribution in [1.82, 2.24) is 0 Å². The Morgan fingerprint density at radius 1 is 1.33 bits per heavy atom. The first-order valence-corrected chi connectivity index (χ1v) is 7.76. The largest absolute Gasteiger partial charge is 0.494 e. The molecule has 3 nitrogen and oxygen atoms in total. The molecule has 1 aromatic carbocycles. The molecule has 1 aliphatic carbocycles. The van der Waals surface area contributed by atoms with Gasteiger partial charge in [0.15, 0.2) is 5.78 Å². The molecule has 0 unspecified atom stereocenters. The van der Waals surface area contributed by atoms with Gasteiger partial charge in [0.05, 0.1) is 6.61 Å². The van der Waals surface area contributed by atoms with E-state index in [-0.39, 0.29) is 18.3 Å². The van der Waals surface area contributed by atoms with Crippen LogP contribution in [0.5, 0.6) is 11.5 Å². The normalized spacial score (nSPS) is 14.9. The van der Waals surface area contributed by atoms with Crippen LogP contribution in [0.15, 0.2) is 30.9 Å². The molecule has 1 aliphatic rings. The van der Waals surface area contributed by atoms with Gasteiger partial charge in [0, 0.05) is 11.5 Å². The van der Waals surface area contributed by atoms with Crippen LogP contribution in [0.1, 0.15) is 38.2 Å². The average Bonchev–Trinajstić information content (AvgIpc) is 3.01. The highest BCUT2D eigenvalue weighted by molar-refractivity contribution is 5.82. The molecule has 1 fully saturated rings. The Morgan fingerprint density at radius 2 is 2.10 bits per heavy atom. The molecule has 0 heterocycles. The topological polar surface area (TPSA) is 35.5 Å². The number of carbonyl (C=O) groups excluding carboxylic acids is 1. The maximum absolute atomic E-state index is 12.1. The van der Waals surface area contributed by atoms with Gasteiger partial charge in [-0.05, 0) is 44.4 Å². The summed E-state index contributed by atoms with van der Waals surface area (Å²) >= 11 is 0. The summed E-state index contributed by atoms with van der Waals surface area (Å²) in [5.74, 6) is 2.01. The third-order valence-electron chi connectivity index (χ3n) is 3.89. The molecule has 0 bridgehead atoms. The van der Waals surface area contributed by atoms with Gasteiger partial charge >= 0.3 is 0 Å². The van der Waals surface area contributed by atoms with Crippen molar-refractivity contribution in [2.75, 3.05) is 13.2 Å². The van der Waals surface area contributed by atoms with Crippen molar-refractivity contribution >= 4 is 5.78 Å². The fourth-order valence-electron chi connectivity index (χ4n) is 2.78. The van der Waals surface area contributed by atoms with Crippen molar-refractivity contribution in [3.05, 3.63) is 36.4 Å². The minimum atomic E-state index is 0.169.